The van der Waals surface area contributed by atoms with E-state index < -0.39 is 15.8 Å². The molecule has 0 atom stereocenters. The molecule has 6 heteroatoms. The number of benzene rings is 1. The average molecular weight is 324 g/mol. The van der Waals surface area contributed by atoms with E-state index in [-0.39, 0.29) is 4.90 Å². The van der Waals surface area contributed by atoms with Gasteiger partial charge in [0.1, 0.15) is 5.82 Å². The average Bonchev–Trinajstić information content (AvgIpc) is 2.29. The fourth-order valence-corrected chi connectivity index (χ4v) is 3.70. The minimum absolute atomic E-state index is 0.00639. The van der Waals surface area contributed by atoms with Crippen LogP contribution in [0.5, 0.6) is 0 Å². The lowest BCUT2D eigenvalue weighted by molar-refractivity contribution is 0.429. The predicted molar refractivity (Wildman–Crippen MR) is 69.2 cm³/mol. The summed E-state index contributed by atoms with van der Waals surface area (Å²) in [6, 6.07) is 5.09. The molecule has 0 aliphatic heterocycles. The third-order valence-electron chi connectivity index (χ3n) is 2.24. The zero-order valence-electron chi connectivity index (χ0n) is 9.57. The lowest BCUT2D eigenvalue weighted by Gasteiger charge is -2.20. The van der Waals surface area contributed by atoms with Crippen molar-refractivity contribution in [3.63, 3.8) is 0 Å². The zero-order chi connectivity index (χ0) is 12.9. The highest BCUT2D eigenvalue weighted by Gasteiger charge is 2.23. The Balaban J connectivity index is 3.07. The molecule has 96 valence electrons. The Hall–Kier alpha value is -0.460. The number of hydrogen-bond donors (Lipinski definition) is 0. The molecule has 0 saturated carbocycles. The van der Waals surface area contributed by atoms with E-state index in [2.05, 4.69) is 15.9 Å². The Morgan fingerprint density at radius 3 is 2.59 bits per heavy atom. The molecule has 0 amide bonds. The van der Waals surface area contributed by atoms with Crippen LogP contribution in [0.15, 0.2) is 29.2 Å². The first kappa shape index (κ1) is 14.6. The second-order valence-corrected chi connectivity index (χ2v) is 6.28. The van der Waals surface area contributed by atoms with Crippen LogP contribution in [0.25, 0.3) is 0 Å². The van der Waals surface area contributed by atoms with Crippen LogP contribution in [0, 0.1) is 5.82 Å². The number of hydrogen-bond acceptors (Lipinski definition) is 2. The molecule has 17 heavy (non-hydrogen) atoms. The fraction of sp³-hybridized carbons (Fsp3) is 0.455. The van der Waals surface area contributed by atoms with Gasteiger partial charge >= 0.3 is 0 Å². The van der Waals surface area contributed by atoms with Crippen molar-refractivity contribution in [3.05, 3.63) is 30.1 Å². The minimum atomic E-state index is -3.58. The summed E-state index contributed by atoms with van der Waals surface area (Å²) in [6.45, 7) is 2.72. The maximum absolute atomic E-state index is 13.0. The summed E-state index contributed by atoms with van der Waals surface area (Å²) in [5.74, 6) is -0.540. The number of halogens is 2. The quantitative estimate of drug-likeness (QED) is 0.755. The summed E-state index contributed by atoms with van der Waals surface area (Å²) in [5.41, 5.74) is 0. The van der Waals surface area contributed by atoms with Crippen molar-refractivity contribution >= 4 is 26.0 Å². The summed E-state index contributed by atoms with van der Waals surface area (Å²) < 4.78 is 38.8. The lowest BCUT2D eigenvalue weighted by atomic mass is 10.4. The van der Waals surface area contributed by atoms with Gasteiger partial charge in [-0.15, -0.1) is 0 Å². The fourth-order valence-electron chi connectivity index (χ4n) is 1.47. The molecule has 0 spiro atoms. The van der Waals surface area contributed by atoms with Crippen LogP contribution < -0.4 is 0 Å². The van der Waals surface area contributed by atoms with Gasteiger partial charge in [-0.1, -0.05) is 28.9 Å². The summed E-state index contributed by atoms with van der Waals surface area (Å²) in [6.07, 6.45) is 0.724. The van der Waals surface area contributed by atoms with E-state index in [1.54, 1.807) is 0 Å². The van der Waals surface area contributed by atoms with Gasteiger partial charge in [-0.25, -0.2) is 12.8 Å². The van der Waals surface area contributed by atoms with E-state index in [0.29, 0.717) is 18.4 Å². The molecule has 0 fully saturated rings. The zero-order valence-corrected chi connectivity index (χ0v) is 12.0. The highest BCUT2D eigenvalue weighted by molar-refractivity contribution is 9.09. The third kappa shape index (κ3) is 3.76. The smallest absolute Gasteiger partial charge is 0.207 e. The van der Waals surface area contributed by atoms with Gasteiger partial charge in [-0.05, 0) is 24.6 Å². The summed E-state index contributed by atoms with van der Waals surface area (Å²) >= 11 is 3.22. The van der Waals surface area contributed by atoms with Crippen LogP contribution in [0.1, 0.15) is 13.3 Å². The van der Waals surface area contributed by atoms with Crippen LogP contribution in [0.3, 0.4) is 0 Å². The normalized spacial score (nSPS) is 12.0. The Labute approximate surface area is 110 Å². The van der Waals surface area contributed by atoms with Gasteiger partial charge in [-0.3, -0.25) is 0 Å². The molecule has 1 rings (SSSR count). The van der Waals surface area contributed by atoms with Crippen molar-refractivity contribution in [1.29, 1.82) is 0 Å². The van der Waals surface area contributed by atoms with E-state index in [1.165, 1.54) is 22.5 Å². The molecule has 0 bridgehead atoms. The molecule has 1 aromatic rings. The topological polar surface area (TPSA) is 37.4 Å². The maximum Gasteiger partial charge on any atom is 0.243 e. The van der Waals surface area contributed by atoms with Crippen molar-refractivity contribution in [2.45, 2.75) is 18.2 Å². The third-order valence-corrected chi connectivity index (χ3v) is 4.49. The second kappa shape index (κ2) is 6.47. The molecular formula is C11H15BrFNO2S. The molecular weight excluding hydrogens is 309 g/mol. The molecule has 1 aromatic carbocycles. The first-order chi connectivity index (χ1) is 8.02. The maximum atomic E-state index is 13.0. The van der Waals surface area contributed by atoms with Gasteiger partial charge in [0.2, 0.25) is 10.0 Å². The van der Waals surface area contributed by atoms with Gasteiger partial charge in [-0.2, -0.15) is 4.31 Å². The molecule has 0 unspecified atom stereocenters. The van der Waals surface area contributed by atoms with Gasteiger partial charge < -0.3 is 0 Å². The van der Waals surface area contributed by atoms with Gasteiger partial charge in [0.25, 0.3) is 0 Å². The second-order valence-electron chi connectivity index (χ2n) is 3.55. The lowest BCUT2D eigenvalue weighted by Crippen LogP contribution is -2.33. The number of nitrogens with zero attached hydrogens (tertiary/aromatic N) is 1. The number of sulfonamides is 1. The van der Waals surface area contributed by atoms with Gasteiger partial charge in [0, 0.05) is 18.4 Å². The van der Waals surface area contributed by atoms with Crippen molar-refractivity contribution in [1.82, 2.24) is 4.31 Å². The summed E-state index contributed by atoms with van der Waals surface area (Å²) in [7, 11) is -3.58. The molecule has 0 aliphatic carbocycles. The van der Waals surface area contributed by atoms with E-state index in [9.17, 15) is 12.8 Å². The van der Waals surface area contributed by atoms with Crippen LogP contribution in [0.2, 0.25) is 0 Å². The van der Waals surface area contributed by atoms with Crippen molar-refractivity contribution in [3.8, 4) is 0 Å². The Morgan fingerprint density at radius 1 is 1.35 bits per heavy atom. The molecule has 0 aromatic heterocycles. The first-order valence-electron chi connectivity index (χ1n) is 5.34. The van der Waals surface area contributed by atoms with E-state index in [0.717, 1.165) is 12.5 Å². The van der Waals surface area contributed by atoms with E-state index >= 15 is 0 Å². The number of alkyl halides is 1. The molecule has 0 aliphatic rings. The monoisotopic (exact) mass is 323 g/mol. The molecule has 0 saturated heterocycles. The highest BCUT2D eigenvalue weighted by Crippen LogP contribution is 2.17. The number of rotatable bonds is 6. The van der Waals surface area contributed by atoms with E-state index in [4.69, 9.17) is 0 Å². The van der Waals surface area contributed by atoms with Crippen molar-refractivity contribution < 1.29 is 12.8 Å². The predicted octanol–water partition coefficient (Wildman–Crippen LogP) is 2.62. The molecule has 3 nitrogen and oxygen atoms in total. The van der Waals surface area contributed by atoms with E-state index in [1.807, 2.05) is 6.92 Å². The van der Waals surface area contributed by atoms with Crippen LogP contribution in [0.4, 0.5) is 4.39 Å². The standard InChI is InChI=1S/C11H15BrFNO2S/c1-2-7-14(8-6-12)17(15,16)11-5-3-4-10(13)9-11/h3-5,9H,2,6-8H2,1H3. The van der Waals surface area contributed by atoms with Gasteiger partial charge in [0.05, 0.1) is 4.90 Å². The highest BCUT2D eigenvalue weighted by atomic mass is 79.9. The molecule has 0 N–H and O–H groups in total. The van der Waals surface area contributed by atoms with Crippen LogP contribution in [-0.4, -0.2) is 31.1 Å². The van der Waals surface area contributed by atoms with Gasteiger partial charge in [0.15, 0.2) is 0 Å². The van der Waals surface area contributed by atoms with Crippen molar-refractivity contribution in [2.24, 2.45) is 0 Å². The largest absolute Gasteiger partial charge is 0.243 e. The molecule has 0 radical (unpaired) electrons. The van der Waals surface area contributed by atoms with Crippen LogP contribution >= 0.6 is 15.9 Å². The van der Waals surface area contributed by atoms with Crippen LogP contribution in [-0.2, 0) is 10.0 Å². The Morgan fingerprint density at radius 2 is 2.06 bits per heavy atom. The van der Waals surface area contributed by atoms with Crippen molar-refractivity contribution in [2.75, 3.05) is 18.4 Å². The summed E-state index contributed by atoms with van der Waals surface area (Å²) in [4.78, 5) is 0.00639. The SMILES string of the molecule is CCCN(CCBr)S(=O)(=O)c1cccc(F)c1. The first-order valence-corrected chi connectivity index (χ1v) is 7.90. The Kier molecular flexibility index (Phi) is 5.55. The Bertz CT molecular complexity index is 458. The summed E-state index contributed by atoms with van der Waals surface area (Å²) in [5, 5.41) is 0.557. The molecule has 0 heterocycles. The minimum Gasteiger partial charge on any atom is -0.207 e.